The third-order valence-electron chi connectivity index (χ3n) is 3.63. The maximum atomic E-state index is 9.98. The summed E-state index contributed by atoms with van der Waals surface area (Å²) in [7, 11) is 0. The lowest BCUT2D eigenvalue weighted by Crippen LogP contribution is -2.61. The van der Waals surface area contributed by atoms with Gasteiger partial charge in [-0.1, -0.05) is 0 Å². The molecule has 0 spiro atoms. The summed E-state index contributed by atoms with van der Waals surface area (Å²) in [6.07, 6.45) is -14.2. The number of hydrogen-bond acceptors (Lipinski definition) is 12. The van der Waals surface area contributed by atoms with Crippen LogP contribution >= 0.6 is 0 Å². The zero-order valence-electron chi connectivity index (χ0n) is 12.6. The van der Waals surface area contributed by atoms with Crippen LogP contribution in [0.5, 0.6) is 0 Å². The van der Waals surface area contributed by atoms with E-state index >= 15 is 0 Å². The molecule has 0 aliphatic carbocycles. The Bertz CT molecular complexity index is 398. The van der Waals surface area contributed by atoms with Crippen LogP contribution in [0.15, 0.2) is 5.10 Å². The predicted octanol–water partition coefficient (Wildman–Crippen LogP) is -5.81. The number of nitrogens with two attached hydrogens (primary N) is 1. The molecule has 1 aliphatic rings. The molecule has 0 unspecified atom stereocenters. The van der Waals surface area contributed by atoms with Crippen molar-refractivity contribution in [3.8, 4) is 0 Å². The molecule has 1 aliphatic heterocycles. The Morgan fingerprint density at radius 1 is 1.08 bits per heavy atom. The first-order valence-corrected chi connectivity index (χ1v) is 7.12. The Morgan fingerprint density at radius 3 is 2.21 bits per heavy atom. The SMILES string of the molecule is NN=C[C@H](O)[C@@H](O)[C@H](O[C@H]1O[C@H](CO)[C@@H](O)[C@H](O)[C@H]1O)[C@H](O)CO. The van der Waals surface area contributed by atoms with Gasteiger partial charge < -0.3 is 56.2 Å². The van der Waals surface area contributed by atoms with Crippen molar-refractivity contribution in [1.29, 1.82) is 0 Å². The van der Waals surface area contributed by atoms with Gasteiger partial charge in [-0.05, 0) is 0 Å². The second-order valence-corrected chi connectivity index (χ2v) is 5.33. The van der Waals surface area contributed by atoms with E-state index in [0.717, 1.165) is 6.21 Å². The van der Waals surface area contributed by atoms with Crippen LogP contribution in [0, 0.1) is 0 Å². The third-order valence-corrected chi connectivity index (χ3v) is 3.63. The van der Waals surface area contributed by atoms with Gasteiger partial charge in [0.05, 0.1) is 19.4 Å². The van der Waals surface area contributed by atoms with Crippen LogP contribution in [0.4, 0.5) is 0 Å². The normalized spacial score (nSPS) is 36.4. The molecule has 0 bridgehead atoms. The first-order valence-electron chi connectivity index (χ1n) is 7.12. The summed E-state index contributed by atoms with van der Waals surface area (Å²) in [5.41, 5.74) is 0. The summed E-state index contributed by atoms with van der Waals surface area (Å²) < 4.78 is 10.2. The van der Waals surface area contributed by atoms with Crippen LogP contribution in [0.25, 0.3) is 0 Å². The van der Waals surface area contributed by atoms with Crippen molar-refractivity contribution in [3.05, 3.63) is 0 Å². The van der Waals surface area contributed by atoms with Crippen LogP contribution in [-0.4, -0.2) is 115 Å². The minimum absolute atomic E-state index is 0.705. The maximum Gasteiger partial charge on any atom is 0.187 e. The van der Waals surface area contributed by atoms with Gasteiger partial charge in [-0.3, -0.25) is 0 Å². The average Bonchev–Trinajstić information content (AvgIpc) is 2.58. The van der Waals surface area contributed by atoms with E-state index in [9.17, 15) is 30.6 Å². The highest BCUT2D eigenvalue weighted by Gasteiger charge is 2.46. The second kappa shape index (κ2) is 9.53. The molecule has 1 saturated heterocycles. The molecule has 9 atom stereocenters. The smallest absolute Gasteiger partial charge is 0.187 e. The molecule has 12 heteroatoms. The van der Waals surface area contributed by atoms with Crippen LogP contribution in [0.2, 0.25) is 0 Å². The fourth-order valence-corrected chi connectivity index (χ4v) is 2.21. The summed E-state index contributed by atoms with van der Waals surface area (Å²) >= 11 is 0. The Labute approximate surface area is 137 Å². The van der Waals surface area contributed by atoms with Crippen molar-refractivity contribution >= 4 is 6.21 Å². The van der Waals surface area contributed by atoms with Crippen molar-refractivity contribution in [2.24, 2.45) is 10.9 Å². The van der Waals surface area contributed by atoms with Gasteiger partial charge in [-0.15, -0.1) is 0 Å². The van der Waals surface area contributed by atoms with Crippen LogP contribution in [-0.2, 0) is 9.47 Å². The highest BCUT2D eigenvalue weighted by atomic mass is 16.7. The van der Waals surface area contributed by atoms with E-state index in [4.69, 9.17) is 25.5 Å². The van der Waals surface area contributed by atoms with Crippen molar-refractivity contribution in [3.63, 3.8) is 0 Å². The number of ether oxygens (including phenoxy) is 2. The number of aliphatic hydroxyl groups is 8. The molecule has 1 heterocycles. The highest BCUT2D eigenvalue weighted by Crippen LogP contribution is 2.24. The van der Waals surface area contributed by atoms with Gasteiger partial charge in [-0.2, -0.15) is 5.10 Å². The van der Waals surface area contributed by atoms with Gasteiger partial charge in [0, 0.05) is 0 Å². The van der Waals surface area contributed by atoms with Gasteiger partial charge in [-0.25, -0.2) is 0 Å². The Balaban J connectivity index is 2.92. The van der Waals surface area contributed by atoms with E-state index in [2.05, 4.69) is 5.10 Å². The molecule has 24 heavy (non-hydrogen) atoms. The first-order chi connectivity index (χ1) is 11.3. The van der Waals surface area contributed by atoms with Crippen LogP contribution in [0.3, 0.4) is 0 Å². The zero-order chi connectivity index (χ0) is 18.4. The molecule has 142 valence electrons. The summed E-state index contributed by atoms with van der Waals surface area (Å²) in [6.45, 7) is -1.57. The number of nitrogens with zero attached hydrogens (tertiary/aromatic N) is 1. The van der Waals surface area contributed by atoms with Gasteiger partial charge in [0.1, 0.15) is 48.8 Å². The summed E-state index contributed by atoms with van der Waals surface area (Å²) in [6, 6.07) is 0. The fraction of sp³-hybridized carbons (Fsp3) is 0.917. The molecule has 1 fully saturated rings. The van der Waals surface area contributed by atoms with E-state index in [1.807, 2.05) is 0 Å². The number of hydrazone groups is 1. The molecule has 0 radical (unpaired) electrons. The van der Waals surface area contributed by atoms with Crippen LogP contribution < -0.4 is 5.84 Å². The first kappa shape index (κ1) is 21.1. The fourth-order valence-electron chi connectivity index (χ4n) is 2.21. The van der Waals surface area contributed by atoms with Crippen molar-refractivity contribution in [1.82, 2.24) is 0 Å². The summed E-state index contributed by atoms with van der Waals surface area (Å²) in [5.74, 6) is 4.84. The number of hydrogen-bond donors (Lipinski definition) is 9. The average molecular weight is 356 g/mol. The molecular weight excluding hydrogens is 332 g/mol. The zero-order valence-corrected chi connectivity index (χ0v) is 12.6. The lowest BCUT2D eigenvalue weighted by atomic mass is 9.98. The Hall–Kier alpha value is -0.930. The Morgan fingerprint density at radius 2 is 1.71 bits per heavy atom. The molecule has 0 amide bonds. The van der Waals surface area contributed by atoms with Crippen LogP contribution in [0.1, 0.15) is 0 Å². The molecule has 1 rings (SSSR count). The van der Waals surface area contributed by atoms with E-state index in [1.54, 1.807) is 0 Å². The monoisotopic (exact) mass is 356 g/mol. The molecule has 10 N–H and O–H groups in total. The van der Waals surface area contributed by atoms with Gasteiger partial charge >= 0.3 is 0 Å². The Kier molecular flexibility index (Phi) is 8.38. The third kappa shape index (κ3) is 4.80. The second-order valence-electron chi connectivity index (χ2n) is 5.33. The van der Waals surface area contributed by atoms with E-state index in [-0.39, 0.29) is 0 Å². The van der Waals surface area contributed by atoms with Gasteiger partial charge in [0.15, 0.2) is 6.29 Å². The topological polar surface area (TPSA) is 219 Å². The maximum absolute atomic E-state index is 9.98. The number of rotatable bonds is 8. The standard InChI is InChI=1S/C12H24N2O10/c13-14-1-4(17)7(19)11(5(18)2-15)24-12-10(22)9(21)8(20)6(3-16)23-12/h1,4-12,15-22H,2-3,13H2/t4-,5+,6+,7+,8+,9-,10+,11+,12+/m0/s1. The lowest BCUT2D eigenvalue weighted by Gasteiger charge is -2.42. The lowest BCUT2D eigenvalue weighted by molar-refractivity contribution is -0.326. The highest BCUT2D eigenvalue weighted by molar-refractivity contribution is 5.63. The summed E-state index contributed by atoms with van der Waals surface area (Å²) in [5, 5.41) is 79.7. The molecular formula is C12H24N2O10. The van der Waals surface area contributed by atoms with Gasteiger partial charge in [0.25, 0.3) is 0 Å². The predicted molar refractivity (Wildman–Crippen MR) is 76.4 cm³/mol. The minimum Gasteiger partial charge on any atom is -0.394 e. The minimum atomic E-state index is -1.83. The number of aliphatic hydroxyl groups excluding tert-OH is 8. The van der Waals surface area contributed by atoms with E-state index in [1.165, 1.54) is 0 Å². The quantitative estimate of drug-likeness (QED) is 0.113. The van der Waals surface area contributed by atoms with Crippen molar-refractivity contribution < 1.29 is 50.3 Å². The van der Waals surface area contributed by atoms with E-state index in [0.29, 0.717) is 0 Å². The van der Waals surface area contributed by atoms with E-state index < -0.39 is 68.3 Å². The van der Waals surface area contributed by atoms with Crippen molar-refractivity contribution in [2.45, 2.75) is 55.1 Å². The molecule has 12 nitrogen and oxygen atoms in total. The largest absolute Gasteiger partial charge is 0.394 e. The molecule has 0 saturated carbocycles. The molecule has 0 aromatic rings. The van der Waals surface area contributed by atoms with Gasteiger partial charge in [0.2, 0.25) is 0 Å². The summed E-state index contributed by atoms with van der Waals surface area (Å²) in [4.78, 5) is 0. The van der Waals surface area contributed by atoms with Crippen molar-refractivity contribution in [2.75, 3.05) is 13.2 Å². The molecule has 0 aromatic carbocycles. The molecule has 0 aromatic heterocycles.